The van der Waals surface area contributed by atoms with Gasteiger partial charge >= 0.3 is 0 Å². The van der Waals surface area contributed by atoms with Crippen LogP contribution in [0.5, 0.6) is 0 Å². The van der Waals surface area contributed by atoms with Crippen LogP contribution in [0.4, 0.5) is 0 Å². The van der Waals surface area contributed by atoms with E-state index in [1.807, 2.05) is 49.6 Å². The highest BCUT2D eigenvalue weighted by atomic mass is 32.1. The average Bonchev–Trinajstić information content (AvgIpc) is 3.36. The van der Waals surface area contributed by atoms with Gasteiger partial charge < -0.3 is 4.90 Å². The molecule has 0 spiro atoms. The number of benzene rings is 1. The molecule has 0 saturated carbocycles. The summed E-state index contributed by atoms with van der Waals surface area (Å²) in [5.41, 5.74) is 1.17. The Morgan fingerprint density at radius 1 is 1.18 bits per heavy atom. The van der Waals surface area contributed by atoms with Crippen molar-refractivity contribution in [1.82, 2.24) is 19.8 Å². The zero-order valence-corrected chi connectivity index (χ0v) is 19.7. The molecule has 4 rings (SSSR count). The topological polar surface area (TPSA) is 83.5 Å². The maximum absolute atomic E-state index is 13.8. The summed E-state index contributed by atoms with van der Waals surface area (Å²) in [4.78, 5) is 51.6. The molecule has 1 aliphatic rings. The summed E-state index contributed by atoms with van der Waals surface area (Å²) in [6.45, 7) is 4.00. The molecule has 0 radical (unpaired) electrons. The van der Waals surface area contributed by atoms with E-state index in [2.05, 4.69) is 9.97 Å². The minimum atomic E-state index is -1.23. The average molecular weight is 463 g/mol. The smallest absolute Gasteiger partial charge is 0.241 e. The summed E-state index contributed by atoms with van der Waals surface area (Å²) in [6, 6.07) is 12.5. The fraction of sp³-hybridized carbons (Fsp3) is 0.320. The van der Waals surface area contributed by atoms with Gasteiger partial charge in [-0.05, 0) is 37.1 Å². The Bertz CT molecular complexity index is 1160. The lowest BCUT2D eigenvalue weighted by Crippen LogP contribution is -2.43. The van der Waals surface area contributed by atoms with Gasteiger partial charge in [0, 0.05) is 43.4 Å². The highest BCUT2D eigenvalue weighted by Crippen LogP contribution is 2.41. The van der Waals surface area contributed by atoms with Crippen molar-refractivity contribution in [2.75, 3.05) is 7.05 Å². The first-order valence-electron chi connectivity index (χ1n) is 10.8. The van der Waals surface area contributed by atoms with E-state index in [0.29, 0.717) is 5.56 Å². The van der Waals surface area contributed by atoms with Crippen LogP contribution in [0.15, 0.2) is 60.2 Å². The Kier molecular flexibility index (Phi) is 6.37. The number of imide groups is 1. The van der Waals surface area contributed by atoms with Crippen molar-refractivity contribution in [2.45, 2.75) is 44.7 Å². The standard InChI is InChI=1S/C25H26N4O3S/c1-17-16-33-23(27-17)18(2)28(3)21(30)13-25(20-7-5-4-6-8-20)14-22(31)29(24(25)32)15-19-9-11-26-12-10-19/h4-12,16,18H,13-15H2,1-3H3/t18-,25-/m0/s1. The monoisotopic (exact) mass is 462 g/mol. The Morgan fingerprint density at radius 3 is 2.52 bits per heavy atom. The zero-order chi connectivity index (χ0) is 23.6. The van der Waals surface area contributed by atoms with Gasteiger partial charge in [-0.2, -0.15) is 0 Å². The number of hydrogen-bond donors (Lipinski definition) is 0. The normalized spacial score (nSPS) is 19.1. The second kappa shape index (κ2) is 9.23. The van der Waals surface area contributed by atoms with Crippen molar-refractivity contribution >= 4 is 29.1 Å². The molecule has 3 aromatic rings. The lowest BCUT2D eigenvalue weighted by atomic mass is 9.75. The molecule has 1 aromatic carbocycles. The predicted octanol–water partition coefficient (Wildman–Crippen LogP) is 3.65. The van der Waals surface area contributed by atoms with Gasteiger partial charge in [-0.1, -0.05) is 30.3 Å². The van der Waals surface area contributed by atoms with E-state index in [1.165, 1.54) is 16.2 Å². The Balaban J connectivity index is 1.63. The number of nitrogens with zero attached hydrogens (tertiary/aromatic N) is 4. The van der Waals surface area contributed by atoms with Crippen LogP contribution in [-0.2, 0) is 26.3 Å². The minimum Gasteiger partial charge on any atom is -0.337 e. The molecule has 7 nitrogen and oxygen atoms in total. The molecule has 170 valence electrons. The maximum atomic E-state index is 13.8. The summed E-state index contributed by atoms with van der Waals surface area (Å²) in [5, 5.41) is 2.79. The van der Waals surface area contributed by atoms with E-state index >= 15 is 0 Å². The highest BCUT2D eigenvalue weighted by molar-refractivity contribution is 7.09. The zero-order valence-electron chi connectivity index (χ0n) is 18.9. The number of rotatable bonds is 7. The minimum absolute atomic E-state index is 0.0365. The van der Waals surface area contributed by atoms with E-state index in [1.54, 1.807) is 36.5 Å². The molecule has 3 amide bonds. The van der Waals surface area contributed by atoms with Crippen molar-refractivity contribution in [2.24, 2.45) is 0 Å². The van der Waals surface area contributed by atoms with E-state index in [9.17, 15) is 14.4 Å². The molecule has 2 atom stereocenters. The van der Waals surface area contributed by atoms with Crippen molar-refractivity contribution in [3.63, 3.8) is 0 Å². The van der Waals surface area contributed by atoms with Gasteiger partial charge in [0.2, 0.25) is 17.7 Å². The summed E-state index contributed by atoms with van der Waals surface area (Å²) >= 11 is 1.50. The summed E-state index contributed by atoms with van der Waals surface area (Å²) in [7, 11) is 1.72. The first-order valence-corrected chi connectivity index (χ1v) is 11.7. The number of hydrogen-bond acceptors (Lipinski definition) is 6. The van der Waals surface area contributed by atoms with Crippen LogP contribution in [0.3, 0.4) is 0 Å². The van der Waals surface area contributed by atoms with Crippen molar-refractivity contribution in [3.05, 3.63) is 82.1 Å². The van der Waals surface area contributed by atoms with Crippen LogP contribution in [0.25, 0.3) is 0 Å². The molecular weight excluding hydrogens is 436 g/mol. The number of likely N-dealkylation sites (tertiary alicyclic amines) is 1. The molecule has 3 heterocycles. The molecule has 1 saturated heterocycles. The molecule has 0 N–H and O–H groups in total. The number of pyridine rings is 1. The van der Waals surface area contributed by atoms with Crippen LogP contribution in [-0.4, -0.2) is 44.5 Å². The van der Waals surface area contributed by atoms with Crippen molar-refractivity contribution < 1.29 is 14.4 Å². The van der Waals surface area contributed by atoms with Crippen LogP contribution >= 0.6 is 11.3 Å². The van der Waals surface area contributed by atoms with E-state index in [4.69, 9.17) is 0 Å². The third-order valence-electron chi connectivity index (χ3n) is 6.25. The van der Waals surface area contributed by atoms with Crippen LogP contribution in [0.2, 0.25) is 0 Å². The molecule has 2 aromatic heterocycles. The van der Waals surface area contributed by atoms with Gasteiger partial charge in [0.1, 0.15) is 5.01 Å². The van der Waals surface area contributed by atoms with Crippen LogP contribution < -0.4 is 0 Å². The number of carbonyl (C=O) groups excluding carboxylic acids is 3. The van der Waals surface area contributed by atoms with Crippen molar-refractivity contribution in [3.8, 4) is 0 Å². The Morgan fingerprint density at radius 2 is 1.88 bits per heavy atom. The number of carbonyl (C=O) groups is 3. The Labute approximate surface area is 197 Å². The maximum Gasteiger partial charge on any atom is 0.241 e. The third-order valence-corrected chi connectivity index (χ3v) is 7.38. The van der Waals surface area contributed by atoms with Gasteiger partial charge in [0.05, 0.1) is 18.0 Å². The van der Waals surface area contributed by atoms with Crippen molar-refractivity contribution in [1.29, 1.82) is 0 Å². The van der Waals surface area contributed by atoms with E-state index < -0.39 is 5.41 Å². The SMILES string of the molecule is Cc1csc([C@H](C)N(C)C(=O)C[C@@]2(c3ccccc3)CC(=O)N(Cc3ccncc3)C2=O)n1. The van der Waals surface area contributed by atoms with Gasteiger partial charge in [-0.25, -0.2) is 4.98 Å². The number of thiazole rings is 1. The summed E-state index contributed by atoms with van der Waals surface area (Å²) < 4.78 is 0. The number of amides is 3. The molecular formula is C25H26N4O3S. The molecule has 0 unspecified atom stereocenters. The summed E-state index contributed by atoms with van der Waals surface area (Å²) in [5.74, 6) is -0.819. The second-order valence-corrected chi connectivity index (χ2v) is 9.34. The molecule has 8 heteroatoms. The first-order chi connectivity index (χ1) is 15.8. The van der Waals surface area contributed by atoms with Gasteiger partial charge in [0.15, 0.2) is 0 Å². The van der Waals surface area contributed by atoms with E-state index in [0.717, 1.165) is 16.3 Å². The fourth-order valence-electron chi connectivity index (χ4n) is 4.18. The van der Waals surface area contributed by atoms with Gasteiger partial charge in [-0.15, -0.1) is 11.3 Å². The second-order valence-electron chi connectivity index (χ2n) is 8.45. The fourth-order valence-corrected chi connectivity index (χ4v) is 5.08. The summed E-state index contributed by atoms with van der Waals surface area (Å²) in [6.07, 6.45) is 3.14. The van der Waals surface area contributed by atoms with Gasteiger partial charge in [0.25, 0.3) is 0 Å². The molecule has 0 aliphatic carbocycles. The van der Waals surface area contributed by atoms with Gasteiger partial charge in [-0.3, -0.25) is 24.3 Å². The molecule has 1 aliphatic heterocycles. The highest BCUT2D eigenvalue weighted by Gasteiger charge is 2.54. The molecule has 1 fully saturated rings. The van der Waals surface area contributed by atoms with Crippen LogP contribution in [0.1, 0.15) is 47.6 Å². The third kappa shape index (κ3) is 4.43. The number of aryl methyl sites for hydroxylation is 1. The predicted molar refractivity (Wildman–Crippen MR) is 125 cm³/mol. The molecule has 0 bridgehead atoms. The van der Waals surface area contributed by atoms with E-state index in [-0.39, 0.29) is 43.1 Å². The first kappa shape index (κ1) is 22.8. The van der Waals surface area contributed by atoms with Crippen LogP contribution in [0, 0.1) is 6.92 Å². The largest absolute Gasteiger partial charge is 0.337 e. The lowest BCUT2D eigenvalue weighted by molar-refractivity contribution is -0.143. The number of aromatic nitrogens is 2. The Hall–Kier alpha value is -3.39. The quantitative estimate of drug-likeness (QED) is 0.501. The molecule has 33 heavy (non-hydrogen) atoms. The lowest BCUT2D eigenvalue weighted by Gasteiger charge is -2.31.